The highest BCUT2D eigenvalue weighted by atomic mass is 31.3. The predicted molar refractivity (Wildman–Crippen MR) is 121 cm³/mol. The molecule has 1 aromatic heterocycles. The van der Waals surface area contributed by atoms with Crippen molar-refractivity contribution >= 4 is 27.2 Å². The zero-order chi connectivity index (χ0) is 29.5. The minimum Gasteiger partial charge on any atom is -0.388 e. The first-order valence-corrected chi connectivity index (χ1v) is 14.1. The van der Waals surface area contributed by atoms with E-state index in [2.05, 4.69) is 18.3 Å². The molecule has 222 valence electrons. The lowest BCUT2D eigenvalue weighted by Crippen LogP contribution is -2.57. The van der Waals surface area contributed by atoms with Crippen molar-refractivity contribution in [2.75, 3.05) is 12.3 Å². The SMILES string of the molecule is CC(=O)[C@@]1(C(F)F)C[C@@H](O)[C@@H](OP(=O)(O)OP(=O)(O)OC[C@H]2O[C@@H](n3ccc(N)nc3=O)[C@H](O)[C@@H]2O)O[C@@H]1C. The Kier molecular flexibility index (Phi) is 9.49. The highest BCUT2D eigenvalue weighted by Gasteiger charge is 2.57. The average Bonchev–Trinajstić information content (AvgIpc) is 3.07. The lowest BCUT2D eigenvalue weighted by molar-refractivity contribution is -0.260. The number of Topliss-reactive ketones (excluding diaryl/α,β-unsaturated/α-hetero) is 1. The van der Waals surface area contributed by atoms with E-state index < -0.39 is 95.0 Å². The number of hydrogen-bond donors (Lipinski definition) is 6. The fraction of sp³-hybridized carbons (Fsp3) is 0.722. The molecule has 10 atom stereocenters. The van der Waals surface area contributed by atoms with Gasteiger partial charge in [-0.1, -0.05) is 0 Å². The number of carbonyl (C=O) groups is 1. The number of anilines is 1. The van der Waals surface area contributed by atoms with Crippen molar-refractivity contribution in [3.05, 3.63) is 22.7 Å². The molecule has 0 amide bonds. The minimum absolute atomic E-state index is 0.133. The topological polar surface area (TPSA) is 259 Å². The van der Waals surface area contributed by atoms with Crippen LogP contribution in [-0.4, -0.2) is 90.3 Å². The molecule has 3 heterocycles. The third-order valence-corrected chi connectivity index (χ3v) is 8.88. The third-order valence-electron chi connectivity index (χ3n) is 6.28. The molecule has 0 radical (unpaired) electrons. The zero-order valence-electron chi connectivity index (χ0n) is 20.2. The molecule has 0 bridgehead atoms. The first kappa shape index (κ1) is 31.8. The highest BCUT2D eigenvalue weighted by molar-refractivity contribution is 7.61. The van der Waals surface area contributed by atoms with E-state index in [0.717, 1.165) is 24.6 Å². The second-order valence-corrected chi connectivity index (χ2v) is 11.8. The molecule has 2 saturated heterocycles. The van der Waals surface area contributed by atoms with Crippen LogP contribution in [0, 0.1) is 5.41 Å². The van der Waals surface area contributed by atoms with E-state index in [-0.39, 0.29) is 5.82 Å². The second-order valence-electron chi connectivity index (χ2n) is 8.82. The fourth-order valence-electron chi connectivity index (χ4n) is 4.16. The third kappa shape index (κ3) is 6.78. The minimum atomic E-state index is -5.61. The number of aliphatic hydroxyl groups is 3. The first-order chi connectivity index (χ1) is 17.9. The molecule has 2 aliphatic heterocycles. The average molecular weight is 609 g/mol. The van der Waals surface area contributed by atoms with Crippen molar-refractivity contribution in [1.82, 2.24) is 9.55 Å². The quantitative estimate of drug-likeness (QED) is 0.174. The molecule has 0 spiro atoms. The van der Waals surface area contributed by atoms with Gasteiger partial charge in [-0.15, -0.1) is 0 Å². The molecule has 2 unspecified atom stereocenters. The molecule has 0 saturated carbocycles. The number of hydrogen-bond acceptors (Lipinski definition) is 14. The number of halogens is 2. The van der Waals surface area contributed by atoms with E-state index in [9.17, 15) is 52.6 Å². The Bertz CT molecular complexity index is 1220. The summed E-state index contributed by atoms with van der Waals surface area (Å²) >= 11 is 0. The maximum atomic E-state index is 13.6. The van der Waals surface area contributed by atoms with E-state index in [1.54, 1.807) is 0 Å². The van der Waals surface area contributed by atoms with Gasteiger partial charge < -0.3 is 40.3 Å². The van der Waals surface area contributed by atoms with Gasteiger partial charge in [0, 0.05) is 6.20 Å². The van der Waals surface area contributed by atoms with Crippen LogP contribution < -0.4 is 11.4 Å². The number of alkyl halides is 2. The number of nitrogens with two attached hydrogens (primary N) is 1. The van der Waals surface area contributed by atoms with Crippen molar-refractivity contribution < 1.29 is 70.6 Å². The van der Waals surface area contributed by atoms with Crippen molar-refractivity contribution in [2.45, 2.75) is 69.7 Å². The summed E-state index contributed by atoms with van der Waals surface area (Å²) in [5, 5.41) is 30.5. The van der Waals surface area contributed by atoms with Gasteiger partial charge >= 0.3 is 21.3 Å². The summed E-state index contributed by atoms with van der Waals surface area (Å²) in [6, 6.07) is 1.20. The number of nitrogens with zero attached hydrogens (tertiary/aromatic N) is 2. The van der Waals surface area contributed by atoms with Crippen LogP contribution in [-0.2, 0) is 36.8 Å². The smallest absolute Gasteiger partial charge is 0.388 e. The van der Waals surface area contributed by atoms with Gasteiger partial charge in [-0.3, -0.25) is 18.4 Å². The van der Waals surface area contributed by atoms with E-state index in [0.29, 0.717) is 0 Å². The Morgan fingerprint density at radius 3 is 2.46 bits per heavy atom. The first-order valence-electron chi connectivity index (χ1n) is 11.1. The Balaban J connectivity index is 1.62. The summed E-state index contributed by atoms with van der Waals surface area (Å²) in [7, 11) is -11.1. The van der Waals surface area contributed by atoms with Gasteiger partial charge in [0.15, 0.2) is 12.5 Å². The van der Waals surface area contributed by atoms with Crippen LogP contribution in [0.3, 0.4) is 0 Å². The fourth-order valence-corrected chi connectivity index (χ4v) is 6.33. The molecule has 21 heteroatoms. The second kappa shape index (κ2) is 11.6. The number of ether oxygens (including phenoxy) is 2. The molecule has 3 rings (SSSR count). The van der Waals surface area contributed by atoms with Gasteiger partial charge in [0.2, 0.25) is 0 Å². The predicted octanol–water partition coefficient (Wildman–Crippen LogP) is -0.968. The summed E-state index contributed by atoms with van der Waals surface area (Å²) in [5.41, 5.74) is 2.00. The number of carbonyl (C=O) groups excluding carboxylic acids is 1. The summed E-state index contributed by atoms with van der Waals surface area (Å²) in [5.74, 6) is -1.15. The van der Waals surface area contributed by atoms with E-state index >= 15 is 0 Å². The largest absolute Gasteiger partial charge is 0.483 e. The van der Waals surface area contributed by atoms with Crippen LogP contribution >= 0.6 is 15.6 Å². The van der Waals surface area contributed by atoms with Gasteiger partial charge in [0.25, 0.3) is 6.43 Å². The number of phosphoric ester groups is 2. The van der Waals surface area contributed by atoms with Crippen molar-refractivity contribution in [2.24, 2.45) is 5.41 Å². The van der Waals surface area contributed by atoms with Crippen LogP contribution in [0.15, 0.2) is 17.1 Å². The lowest BCUT2D eigenvalue weighted by atomic mass is 9.73. The lowest BCUT2D eigenvalue weighted by Gasteiger charge is -2.44. The van der Waals surface area contributed by atoms with Gasteiger partial charge in [0.1, 0.15) is 41.4 Å². The maximum absolute atomic E-state index is 13.6. The molecule has 39 heavy (non-hydrogen) atoms. The van der Waals surface area contributed by atoms with Crippen LogP contribution in [0.1, 0.15) is 26.5 Å². The Morgan fingerprint density at radius 1 is 1.26 bits per heavy atom. The van der Waals surface area contributed by atoms with Crippen LogP contribution in [0.2, 0.25) is 0 Å². The molecular formula is C18H27F2N3O14P2. The van der Waals surface area contributed by atoms with E-state index in [1.807, 2.05) is 0 Å². The number of nitrogen functional groups attached to an aromatic ring is 1. The zero-order valence-corrected chi connectivity index (χ0v) is 22.0. The molecule has 7 N–H and O–H groups in total. The summed E-state index contributed by atoms with van der Waals surface area (Å²) in [4.78, 5) is 47.0. The Hall–Kier alpha value is -1.73. The standard InChI is InChI=1S/C18H27F2N3O14P2/c1-7(24)18(16(19)20)5-9(25)15(34-8(18)2)36-39(31,32)37-38(29,30)33-6-10-12(26)13(27)14(35-10)23-4-3-11(21)22-17(23)28/h3-4,8-10,12-16,25-27H,5-6H2,1-2H3,(H,29,30)(H,31,32)(H2,21,22,28)/t8-,9-,10-,12-,13-,14-,15-,18+/m1/s1. The molecule has 1 aromatic rings. The van der Waals surface area contributed by atoms with Crippen molar-refractivity contribution in [3.8, 4) is 0 Å². The highest BCUT2D eigenvalue weighted by Crippen LogP contribution is 2.62. The monoisotopic (exact) mass is 609 g/mol. The van der Waals surface area contributed by atoms with Gasteiger partial charge in [0.05, 0.1) is 12.7 Å². The number of aromatic nitrogens is 2. The summed E-state index contributed by atoms with van der Waals surface area (Å²) in [6.45, 7) is 0.882. The Labute approximate surface area is 218 Å². The summed E-state index contributed by atoms with van der Waals surface area (Å²) < 4.78 is 76.1. The number of aliphatic hydroxyl groups excluding tert-OH is 3. The molecule has 0 aromatic carbocycles. The Morgan fingerprint density at radius 2 is 1.90 bits per heavy atom. The van der Waals surface area contributed by atoms with Gasteiger partial charge in [-0.25, -0.2) is 22.7 Å². The van der Waals surface area contributed by atoms with Crippen molar-refractivity contribution in [1.29, 1.82) is 0 Å². The number of ketones is 1. The maximum Gasteiger partial charge on any atom is 0.483 e. The van der Waals surface area contributed by atoms with Crippen LogP contribution in [0.5, 0.6) is 0 Å². The molecule has 17 nitrogen and oxygen atoms in total. The molecule has 0 aliphatic carbocycles. The van der Waals surface area contributed by atoms with Crippen LogP contribution in [0.4, 0.5) is 14.6 Å². The summed E-state index contributed by atoms with van der Waals surface area (Å²) in [6.07, 6.45) is -15.4. The van der Waals surface area contributed by atoms with Crippen LogP contribution in [0.25, 0.3) is 0 Å². The van der Waals surface area contributed by atoms with Crippen molar-refractivity contribution in [3.63, 3.8) is 0 Å². The number of rotatable bonds is 10. The normalized spacial score (nSPS) is 36.4. The molecule has 2 aliphatic rings. The van der Waals surface area contributed by atoms with E-state index in [4.69, 9.17) is 15.2 Å². The van der Waals surface area contributed by atoms with E-state index in [1.165, 1.54) is 6.07 Å². The molecular weight excluding hydrogens is 582 g/mol. The van der Waals surface area contributed by atoms with Gasteiger partial charge in [-0.2, -0.15) is 9.29 Å². The number of phosphoric acid groups is 2. The van der Waals surface area contributed by atoms with Gasteiger partial charge in [-0.05, 0) is 26.3 Å². The molecule has 2 fully saturated rings.